The van der Waals surface area contributed by atoms with Crippen LogP contribution in [0.5, 0.6) is 0 Å². The second-order valence-corrected chi connectivity index (χ2v) is 4.89. The Hall–Kier alpha value is -2.47. The molecule has 116 valence electrons. The molecule has 0 spiro atoms. The normalized spacial score (nSPS) is 11.8. The maximum Gasteiger partial charge on any atom is 0.319 e. The Balaban J connectivity index is 1.89. The topological polar surface area (TPSA) is 61.4 Å². The van der Waals surface area contributed by atoms with Crippen molar-refractivity contribution in [1.82, 2.24) is 5.32 Å². The number of halogens is 2. The van der Waals surface area contributed by atoms with Crippen LogP contribution in [0.25, 0.3) is 0 Å². The van der Waals surface area contributed by atoms with E-state index in [0.29, 0.717) is 5.56 Å². The molecule has 0 radical (unpaired) electrons. The molecule has 4 nitrogen and oxygen atoms in total. The number of hydrogen-bond acceptors (Lipinski definition) is 2. The highest BCUT2D eigenvalue weighted by atomic mass is 19.1. The average Bonchev–Trinajstić information content (AvgIpc) is 2.49. The third-order valence-corrected chi connectivity index (χ3v) is 3.08. The van der Waals surface area contributed by atoms with E-state index in [4.69, 9.17) is 0 Å². The van der Waals surface area contributed by atoms with Gasteiger partial charge in [-0.2, -0.15) is 0 Å². The summed E-state index contributed by atoms with van der Waals surface area (Å²) in [7, 11) is 0. The summed E-state index contributed by atoms with van der Waals surface area (Å²) in [5.41, 5.74) is 1.35. The molecule has 0 aliphatic heterocycles. The molecule has 3 N–H and O–H groups in total. The highest BCUT2D eigenvalue weighted by Gasteiger charge is 2.11. The Morgan fingerprint density at radius 1 is 1.18 bits per heavy atom. The fourth-order valence-corrected chi connectivity index (χ4v) is 1.89. The number of carbonyl (C=O) groups is 1. The summed E-state index contributed by atoms with van der Waals surface area (Å²) in [5.74, 6) is -0.948. The number of urea groups is 1. The molecule has 0 aliphatic rings. The van der Waals surface area contributed by atoms with E-state index in [9.17, 15) is 18.7 Å². The van der Waals surface area contributed by atoms with Crippen LogP contribution < -0.4 is 10.6 Å². The Bertz CT molecular complexity index is 660. The maximum absolute atomic E-state index is 13.5. The lowest BCUT2D eigenvalue weighted by Gasteiger charge is -2.13. The number of anilines is 1. The molecule has 1 atom stereocenters. The van der Waals surface area contributed by atoms with Gasteiger partial charge in [0, 0.05) is 6.54 Å². The summed E-state index contributed by atoms with van der Waals surface area (Å²) < 4.78 is 26.3. The van der Waals surface area contributed by atoms with Crippen molar-refractivity contribution in [2.75, 3.05) is 11.9 Å². The number of hydrogen-bond donors (Lipinski definition) is 3. The number of aryl methyl sites for hydroxylation is 1. The number of amides is 2. The molecular formula is C16H16F2N2O2. The summed E-state index contributed by atoms with van der Waals surface area (Å²) in [6.07, 6.45) is -0.978. The summed E-state index contributed by atoms with van der Waals surface area (Å²) in [6.45, 7) is 1.70. The molecule has 0 aromatic heterocycles. The van der Waals surface area contributed by atoms with Gasteiger partial charge in [-0.3, -0.25) is 0 Å². The van der Waals surface area contributed by atoms with E-state index in [0.717, 1.165) is 5.56 Å². The lowest BCUT2D eigenvalue weighted by atomic mass is 10.1. The zero-order valence-electron chi connectivity index (χ0n) is 11.9. The molecule has 0 saturated carbocycles. The van der Waals surface area contributed by atoms with Gasteiger partial charge >= 0.3 is 6.03 Å². The van der Waals surface area contributed by atoms with Gasteiger partial charge in [0.2, 0.25) is 0 Å². The van der Waals surface area contributed by atoms with Crippen molar-refractivity contribution in [1.29, 1.82) is 0 Å². The summed E-state index contributed by atoms with van der Waals surface area (Å²) in [6, 6.07) is 9.03. The van der Waals surface area contributed by atoms with Crippen LogP contribution >= 0.6 is 0 Å². The monoisotopic (exact) mass is 306 g/mol. The van der Waals surface area contributed by atoms with E-state index in [1.807, 2.05) is 0 Å². The van der Waals surface area contributed by atoms with E-state index < -0.39 is 23.8 Å². The van der Waals surface area contributed by atoms with Gasteiger partial charge in [-0.05, 0) is 42.3 Å². The maximum atomic E-state index is 13.5. The van der Waals surface area contributed by atoms with Crippen molar-refractivity contribution in [3.05, 3.63) is 65.2 Å². The minimum absolute atomic E-state index is 0.0637. The number of carbonyl (C=O) groups excluding carboxylic acids is 1. The van der Waals surface area contributed by atoms with Crippen LogP contribution in [0.1, 0.15) is 17.2 Å². The van der Waals surface area contributed by atoms with Gasteiger partial charge in [0.05, 0.1) is 11.8 Å². The molecule has 0 fully saturated rings. The fraction of sp³-hybridized carbons (Fsp3) is 0.188. The third kappa shape index (κ3) is 4.26. The van der Waals surface area contributed by atoms with Crippen molar-refractivity contribution in [3.8, 4) is 0 Å². The average molecular weight is 306 g/mol. The van der Waals surface area contributed by atoms with Crippen LogP contribution in [-0.2, 0) is 0 Å². The largest absolute Gasteiger partial charge is 0.387 e. The van der Waals surface area contributed by atoms with Crippen LogP contribution in [0.2, 0.25) is 0 Å². The number of rotatable bonds is 4. The minimum atomic E-state index is -0.978. The second kappa shape index (κ2) is 7.00. The Kier molecular flexibility index (Phi) is 5.06. The molecule has 22 heavy (non-hydrogen) atoms. The van der Waals surface area contributed by atoms with E-state index in [-0.39, 0.29) is 12.2 Å². The van der Waals surface area contributed by atoms with Gasteiger partial charge in [-0.15, -0.1) is 0 Å². The van der Waals surface area contributed by atoms with Crippen molar-refractivity contribution in [2.45, 2.75) is 13.0 Å². The van der Waals surface area contributed by atoms with Gasteiger partial charge in [0.1, 0.15) is 11.6 Å². The first kappa shape index (κ1) is 15.9. The van der Waals surface area contributed by atoms with Crippen LogP contribution in [0.3, 0.4) is 0 Å². The molecule has 2 rings (SSSR count). The molecule has 2 aromatic rings. The Morgan fingerprint density at radius 3 is 2.55 bits per heavy atom. The molecule has 6 heteroatoms. The molecule has 0 bridgehead atoms. The highest BCUT2D eigenvalue weighted by molar-refractivity contribution is 5.89. The van der Waals surface area contributed by atoms with Gasteiger partial charge in [-0.1, -0.05) is 18.2 Å². The third-order valence-electron chi connectivity index (χ3n) is 3.08. The fourth-order valence-electron chi connectivity index (χ4n) is 1.89. The standard InChI is InChI=1S/C16H16F2N2O2/c1-10-2-7-13(18)14(8-10)20-16(22)19-9-15(21)11-3-5-12(17)6-4-11/h2-8,15,21H,9H2,1H3,(H2,19,20,22)/t15-/m1/s1. The predicted octanol–water partition coefficient (Wildman–Crippen LogP) is 3.13. The SMILES string of the molecule is Cc1ccc(F)c(NC(=O)NC[C@@H](O)c2ccc(F)cc2)c1. The minimum Gasteiger partial charge on any atom is -0.387 e. The molecule has 0 saturated heterocycles. The Labute approximate surface area is 126 Å². The zero-order valence-corrected chi connectivity index (χ0v) is 11.9. The number of aliphatic hydroxyl groups is 1. The van der Waals surface area contributed by atoms with Crippen LogP contribution in [0.15, 0.2) is 42.5 Å². The number of aliphatic hydroxyl groups excluding tert-OH is 1. The van der Waals surface area contributed by atoms with Gasteiger partial charge < -0.3 is 15.7 Å². The van der Waals surface area contributed by atoms with Crippen molar-refractivity contribution in [2.24, 2.45) is 0 Å². The molecular weight excluding hydrogens is 290 g/mol. The smallest absolute Gasteiger partial charge is 0.319 e. The summed E-state index contributed by atoms with van der Waals surface area (Å²) in [5, 5.41) is 14.7. The predicted molar refractivity (Wildman–Crippen MR) is 79.5 cm³/mol. The van der Waals surface area contributed by atoms with Crippen LogP contribution in [0.4, 0.5) is 19.3 Å². The molecule has 2 amide bonds. The summed E-state index contributed by atoms with van der Waals surface area (Å²) in [4.78, 5) is 11.7. The first-order valence-electron chi connectivity index (χ1n) is 6.70. The molecule has 0 heterocycles. The van der Waals surface area contributed by atoms with E-state index >= 15 is 0 Å². The highest BCUT2D eigenvalue weighted by Crippen LogP contribution is 2.16. The molecule has 2 aromatic carbocycles. The zero-order chi connectivity index (χ0) is 16.1. The first-order valence-corrected chi connectivity index (χ1v) is 6.70. The molecule has 0 aliphatic carbocycles. The van der Waals surface area contributed by atoms with Gasteiger partial charge in [0.25, 0.3) is 0 Å². The van der Waals surface area contributed by atoms with Crippen LogP contribution in [-0.4, -0.2) is 17.7 Å². The number of benzene rings is 2. The van der Waals surface area contributed by atoms with Crippen molar-refractivity contribution >= 4 is 11.7 Å². The second-order valence-electron chi connectivity index (χ2n) is 4.89. The van der Waals surface area contributed by atoms with Gasteiger partial charge in [0.15, 0.2) is 0 Å². The lowest BCUT2D eigenvalue weighted by molar-refractivity contribution is 0.175. The Morgan fingerprint density at radius 2 is 1.86 bits per heavy atom. The number of nitrogens with one attached hydrogen (secondary N) is 2. The quantitative estimate of drug-likeness (QED) is 0.812. The lowest BCUT2D eigenvalue weighted by Crippen LogP contribution is -2.32. The summed E-state index contributed by atoms with van der Waals surface area (Å²) >= 11 is 0. The van der Waals surface area contributed by atoms with Crippen molar-refractivity contribution < 1.29 is 18.7 Å². The van der Waals surface area contributed by atoms with E-state index in [1.54, 1.807) is 13.0 Å². The first-order chi connectivity index (χ1) is 10.5. The van der Waals surface area contributed by atoms with E-state index in [1.165, 1.54) is 36.4 Å². The van der Waals surface area contributed by atoms with Crippen LogP contribution in [0, 0.1) is 18.6 Å². The van der Waals surface area contributed by atoms with Crippen molar-refractivity contribution in [3.63, 3.8) is 0 Å². The van der Waals surface area contributed by atoms with E-state index in [2.05, 4.69) is 10.6 Å². The van der Waals surface area contributed by atoms with Gasteiger partial charge in [-0.25, -0.2) is 13.6 Å². The molecule has 0 unspecified atom stereocenters.